The van der Waals surface area contributed by atoms with Gasteiger partial charge in [0.2, 0.25) is 21.9 Å². The first-order valence-corrected chi connectivity index (χ1v) is 15.7. The van der Waals surface area contributed by atoms with Crippen LogP contribution in [0.15, 0.2) is 53.7 Å². The first kappa shape index (κ1) is 29.3. The van der Waals surface area contributed by atoms with Crippen molar-refractivity contribution in [3.8, 4) is 0 Å². The third kappa shape index (κ3) is 6.52. The Morgan fingerprint density at radius 3 is 2.29 bits per heavy atom. The number of amides is 2. The number of ether oxygens (including phenoxy) is 1. The number of piperazine rings is 1. The molecule has 1 aliphatic heterocycles. The van der Waals surface area contributed by atoms with Gasteiger partial charge >= 0.3 is 6.09 Å². The van der Waals surface area contributed by atoms with Crippen molar-refractivity contribution in [2.24, 2.45) is 5.92 Å². The molecule has 0 spiro atoms. The molecular weight excluding hydrogens is 566 g/mol. The molecule has 1 aromatic heterocycles. The third-order valence-corrected chi connectivity index (χ3v) is 9.80. The fourth-order valence-corrected chi connectivity index (χ4v) is 7.24. The molecule has 2 fully saturated rings. The van der Waals surface area contributed by atoms with Gasteiger partial charge in [-0.1, -0.05) is 23.7 Å². The molecule has 1 N–H and O–H groups in total. The summed E-state index contributed by atoms with van der Waals surface area (Å²) in [5.41, 5.74) is -0.646. The van der Waals surface area contributed by atoms with Crippen LogP contribution in [0.1, 0.15) is 46.5 Å². The standard InChI is InChI=1S/C29H36ClN5O5S/c1-29(2,3)40-28(37)35(27-31-12-13-32-27)24-9-5-20(6-10-24)26(36)33-14-16-34(17-15-33)41(38,39)25-11-7-21-18-23(30)8-4-22(21)19-25/h4,7-8,11-13,18-20,24H,5-6,9-10,14-17H2,1-3H3,(H,31,32)/t20-,24-. The molecule has 3 aromatic rings. The molecule has 10 nitrogen and oxygen atoms in total. The lowest BCUT2D eigenvalue weighted by molar-refractivity contribution is -0.137. The summed E-state index contributed by atoms with van der Waals surface area (Å²) in [6.07, 6.45) is 5.33. The molecule has 0 atom stereocenters. The van der Waals surface area contributed by atoms with Gasteiger partial charge in [-0.2, -0.15) is 4.31 Å². The number of benzene rings is 2. The second-order valence-corrected chi connectivity index (χ2v) is 14.0. The number of carbonyl (C=O) groups excluding carboxylic acids is 2. The van der Waals surface area contributed by atoms with E-state index >= 15 is 0 Å². The lowest BCUT2D eigenvalue weighted by atomic mass is 9.84. The van der Waals surface area contributed by atoms with Crippen molar-refractivity contribution in [2.75, 3.05) is 31.1 Å². The molecule has 1 saturated carbocycles. The number of nitrogens with zero attached hydrogens (tertiary/aromatic N) is 4. The summed E-state index contributed by atoms with van der Waals surface area (Å²) in [4.78, 5) is 37.3. The van der Waals surface area contributed by atoms with Crippen molar-refractivity contribution in [1.82, 2.24) is 19.2 Å². The third-order valence-electron chi connectivity index (χ3n) is 7.68. The van der Waals surface area contributed by atoms with E-state index in [1.807, 2.05) is 26.8 Å². The number of anilines is 1. The second kappa shape index (κ2) is 11.6. The number of aromatic nitrogens is 2. The minimum atomic E-state index is -3.69. The summed E-state index contributed by atoms with van der Waals surface area (Å²) in [5.74, 6) is 0.310. The molecular formula is C29H36ClN5O5S. The Balaban J connectivity index is 1.18. The Labute approximate surface area is 245 Å². The van der Waals surface area contributed by atoms with Gasteiger partial charge in [-0.05, 0) is 81.5 Å². The van der Waals surface area contributed by atoms with Gasteiger partial charge in [0.1, 0.15) is 5.60 Å². The highest BCUT2D eigenvalue weighted by Crippen LogP contribution is 2.32. The highest BCUT2D eigenvalue weighted by molar-refractivity contribution is 7.89. The predicted molar refractivity (Wildman–Crippen MR) is 157 cm³/mol. The van der Waals surface area contributed by atoms with E-state index in [-0.39, 0.29) is 35.9 Å². The number of rotatable bonds is 5. The van der Waals surface area contributed by atoms with E-state index in [0.29, 0.717) is 49.7 Å². The molecule has 2 heterocycles. The van der Waals surface area contributed by atoms with E-state index < -0.39 is 21.7 Å². The zero-order valence-electron chi connectivity index (χ0n) is 23.5. The summed E-state index contributed by atoms with van der Waals surface area (Å²) >= 11 is 6.06. The molecule has 2 aromatic carbocycles. The van der Waals surface area contributed by atoms with E-state index in [4.69, 9.17) is 16.3 Å². The van der Waals surface area contributed by atoms with E-state index in [2.05, 4.69) is 9.97 Å². The summed E-state index contributed by atoms with van der Waals surface area (Å²) < 4.78 is 33.8. The van der Waals surface area contributed by atoms with Gasteiger partial charge in [-0.25, -0.2) is 23.1 Å². The highest BCUT2D eigenvalue weighted by Gasteiger charge is 2.38. The van der Waals surface area contributed by atoms with E-state index in [1.165, 1.54) is 4.31 Å². The zero-order valence-corrected chi connectivity index (χ0v) is 25.1. The van der Waals surface area contributed by atoms with Gasteiger partial charge < -0.3 is 14.6 Å². The van der Waals surface area contributed by atoms with Crippen molar-refractivity contribution in [3.05, 3.63) is 53.8 Å². The number of halogens is 1. The molecule has 0 unspecified atom stereocenters. The SMILES string of the molecule is CC(C)(C)OC(=O)N(c1ncc[nH]1)[C@H]1CC[C@H](C(=O)N2CCN(S(=O)(=O)c3ccc4cc(Cl)ccc4c3)CC2)CC1. The average molecular weight is 602 g/mol. The van der Waals surface area contributed by atoms with Crippen molar-refractivity contribution in [3.63, 3.8) is 0 Å². The normalized spacial score (nSPS) is 20.6. The van der Waals surface area contributed by atoms with Crippen LogP contribution < -0.4 is 4.90 Å². The number of fused-ring (bicyclic) bond motifs is 1. The largest absolute Gasteiger partial charge is 0.443 e. The van der Waals surface area contributed by atoms with Crippen LogP contribution in [0.5, 0.6) is 0 Å². The van der Waals surface area contributed by atoms with Crippen LogP contribution in [0.25, 0.3) is 10.8 Å². The number of sulfonamides is 1. The lowest BCUT2D eigenvalue weighted by Crippen LogP contribution is -2.52. The second-order valence-electron chi connectivity index (χ2n) is 11.7. The number of H-pyrrole nitrogens is 1. The molecule has 0 radical (unpaired) electrons. The Bertz CT molecular complexity index is 1510. The number of aromatic amines is 1. The molecule has 0 bridgehead atoms. The minimum absolute atomic E-state index is 0.0462. The summed E-state index contributed by atoms with van der Waals surface area (Å²) in [5, 5.41) is 2.28. The molecule has 5 rings (SSSR count). The number of nitrogens with one attached hydrogen (secondary N) is 1. The maximum Gasteiger partial charge on any atom is 0.417 e. The minimum Gasteiger partial charge on any atom is -0.443 e. The van der Waals surface area contributed by atoms with Crippen LogP contribution in [0, 0.1) is 5.92 Å². The Hall–Kier alpha value is -3.15. The Kier molecular flexibility index (Phi) is 8.31. The van der Waals surface area contributed by atoms with Gasteiger partial charge in [-0.3, -0.25) is 4.79 Å². The molecule has 220 valence electrons. The van der Waals surface area contributed by atoms with Crippen LogP contribution in [-0.4, -0.2) is 77.4 Å². The zero-order chi connectivity index (χ0) is 29.4. The highest BCUT2D eigenvalue weighted by atomic mass is 35.5. The fourth-order valence-electron chi connectivity index (χ4n) is 5.60. The van der Waals surface area contributed by atoms with Gasteiger partial charge in [0.15, 0.2) is 0 Å². The maximum atomic E-state index is 13.4. The Morgan fingerprint density at radius 2 is 1.66 bits per heavy atom. The van der Waals surface area contributed by atoms with Gasteiger partial charge in [-0.15, -0.1) is 0 Å². The summed E-state index contributed by atoms with van der Waals surface area (Å²) in [6.45, 7) is 6.65. The topological polar surface area (TPSA) is 116 Å². The summed E-state index contributed by atoms with van der Waals surface area (Å²) in [7, 11) is -3.69. The number of carbonyl (C=O) groups is 2. The van der Waals surface area contributed by atoms with Crippen LogP contribution in [0.4, 0.5) is 10.7 Å². The van der Waals surface area contributed by atoms with E-state index in [9.17, 15) is 18.0 Å². The van der Waals surface area contributed by atoms with Crippen molar-refractivity contribution >= 4 is 50.3 Å². The first-order valence-electron chi connectivity index (χ1n) is 13.9. The quantitative estimate of drug-likeness (QED) is 0.437. The van der Waals surface area contributed by atoms with Crippen LogP contribution in [0.3, 0.4) is 0 Å². The first-order chi connectivity index (χ1) is 19.4. The van der Waals surface area contributed by atoms with Crippen molar-refractivity contribution in [2.45, 2.75) is 63.0 Å². The number of hydrogen-bond acceptors (Lipinski definition) is 6. The van der Waals surface area contributed by atoms with Crippen LogP contribution in [-0.2, 0) is 19.6 Å². The van der Waals surface area contributed by atoms with Crippen LogP contribution >= 0.6 is 11.6 Å². The lowest BCUT2D eigenvalue weighted by Gasteiger charge is -2.39. The molecule has 1 aliphatic carbocycles. The van der Waals surface area contributed by atoms with E-state index in [1.54, 1.807) is 52.5 Å². The van der Waals surface area contributed by atoms with Crippen molar-refractivity contribution in [1.29, 1.82) is 0 Å². The number of hydrogen-bond donors (Lipinski definition) is 1. The Morgan fingerprint density at radius 1 is 1.00 bits per heavy atom. The van der Waals surface area contributed by atoms with Crippen molar-refractivity contribution < 1.29 is 22.7 Å². The predicted octanol–water partition coefficient (Wildman–Crippen LogP) is 5.05. The summed E-state index contributed by atoms with van der Waals surface area (Å²) in [6, 6.07) is 10.2. The number of imidazole rings is 1. The fraction of sp³-hybridized carbons (Fsp3) is 0.483. The molecule has 1 saturated heterocycles. The molecule has 2 aliphatic rings. The van der Waals surface area contributed by atoms with Crippen LogP contribution in [0.2, 0.25) is 5.02 Å². The average Bonchev–Trinajstić information content (AvgIpc) is 3.46. The van der Waals surface area contributed by atoms with Gasteiger partial charge in [0.05, 0.1) is 4.90 Å². The molecule has 2 amide bonds. The van der Waals surface area contributed by atoms with E-state index in [0.717, 1.165) is 10.8 Å². The maximum absolute atomic E-state index is 13.4. The molecule has 41 heavy (non-hydrogen) atoms. The monoisotopic (exact) mass is 601 g/mol. The smallest absolute Gasteiger partial charge is 0.417 e. The molecule has 12 heteroatoms. The van der Waals surface area contributed by atoms with Gasteiger partial charge in [0, 0.05) is 55.6 Å². The van der Waals surface area contributed by atoms with Gasteiger partial charge in [0.25, 0.3) is 0 Å².